The number of likely N-dealkylation sites (tertiary alicyclic amines) is 1. The monoisotopic (exact) mass is 370 g/mol. The van der Waals surface area contributed by atoms with Crippen LogP contribution in [0.5, 0.6) is 5.88 Å². The molecule has 3 atom stereocenters. The van der Waals surface area contributed by atoms with Gasteiger partial charge >= 0.3 is 0 Å². The van der Waals surface area contributed by atoms with Crippen molar-refractivity contribution in [3.05, 3.63) is 41.6 Å². The molecular weight excluding hydrogens is 340 g/mol. The number of nitrogens with zero attached hydrogens (tertiary/aromatic N) is 4. The highest BCUT2D eigenvalue weighted by atomic mass is 16.5. The van der Waals surface area contributed by atoms with Crippen molar-refractivity contribution in [3.63, 3.8) is 0 Å². The van der Waals surface area contributed by atoms with E-state index in [0.29, 0.717) is 11.9 Å². The number of methoxy groups -OCH3 is 1. The van der Waals surface area contributed by atoms with Crippen LogP contribution in [0.15, 0.2) is 24.4 Å². The maximum Gasteiger partial charge on any atom is 0.213 e. The molecule has 2 aromatic rings. The van der Waals surface area contributed by atoms with Crippen molar-refractivity contribution in [3.8, 4) is 5.88 Å². The summed E-state index contributed by atoms with van der Waals surface area (Å²) in [6.07, 6.45) is 6.04. The average Bonchev–Trinajstić information content (AvgIpc) is 3.16. The number of ether oxygens (including phenoxy) is 2. The van der Waals surface area contributed by atoms with Crippen molar-refractivity contribution >= 4 is 0 Å². The molecule has 3 heterocycles. The highest BCUT2D eigenvalue weighted by Gasteiger charge is 2.51. The molecule has 0 bridgehead atoms. The summed E-state index contributed by atoms with van der Waals surface area (Å²) < 4.78 is 14.5. The van der Waals surface area contributed by atoms with Crippen molar-refractivity contribution in [1.29, 1.82) is 0 Å². The Morgan fingerprint density at radius 3 is 2.78 bits per heavy atom. The predicted molar refractivity (Wildman–Crippen MR) is 104 cm³/mol. The van der Waals surface area contributed by atoms with Crippen LogP contribution < -0.4 is 4.74 Å². The molecule has 4 rings (SSSR count). The first kappa shape index (κ1) is 18.4. The quantitative estimate of drug-likeness (QED) is 0.810. The Morgan fingerprint density at radius 2 is 2.11 bits per heavy atom. The number of aromatic nitrogens is 3. The molecule has 0 N–H and O–H groups in total. The standard InChI is InChI=1S/C21H30N4O2/c1-15-16(2)24(3)19(23-15)14-25-12-10-21(26-4)9-8-17(13-18(21)25)27-20-7-5-6-11-22-20/h5-7,11,17-18H,8-10,12-14H2,1-4H3/t17-,18-,21+/m0/s1. The molecule has 2 fully saturated rings. The van der Waals surface area contributed by atoms with Gasteiger partial charge in [0.25, 0.3) is 0 Å². The van der Waals surface area contributed by atoms with Gasteiger partial charge in [0.15, 0.2) is 0 Å². The first-order valence-corrected chi connectivity index (χ1v) is 9.88. The number of imidazole rings is 1. The normalized spacial score (nSPS) is 28.3. The fraction of sp³-hybridized carbons (Fsp3) is 0.619. The average molecular weight is 370 g/mol. The molecule has 0 radical (unpaired) electrons. The third-order valence-corrected chi connectivity index (χ3v) is 6.63. The molecule has 0 aromatic carbocycles. The van der Waals surface area contributed by atoms with E-state index < -0.39 is 0 Å². The highest BCUT2D eigenvalue weighted by molar-refractivity contribution is 5.15. The van der Waals surface area contributed by atoms with Crippen LogP contribution in [0.4, 0.5) is 0 Å². The van der Waals surface area contributed by atoms with Crippen LogP contribution in [-0.2, 0) is 18.3 Å². The summed E-state index contributed by atoms with van der Waals surface area (Å²) in [6, 6.07) is 6.17. The molecule has 1 aliphatic carbocycles. The van der Waals surface area contributed by atoms with Crippen LogP contribution in [0.3, 0.4) is 0 Å². The van der Waals surface area contributed by atoms with Gasteiger partial charge in [-0.2, -0.15) is 0 Å². The number of pyridine rings is 1. The number of hydrogen-bond acceptors (Lipinski definition) is 5. The summed E-state index contributed by atoms with van der Waals surface area (Å²) in [4.78, 5) is 11.7. The summed E-state index contributed by atoms with van der Waals surface area (Å²) in [6.45, 7) is 6.11. The molecule has 0 amide bonds. The molecule has 27 heavy (non-hydrogen) atoms. The highest BCUT2D eigenvalue weighted by Crippen LogP contribution is 2.43. The first-order chi connectivity index (χ1) is 13.0. The van der Waals surface area contributed by atoms with E-state index in [1.807, 2.05) is 25.3 Å². The Morgan fingerprint density at radius 1 is 1.26 bits per heavy atom. The smallest absolute Gasteiger partial charge is 0.213 e. The SMILES string of the molecule is CO[C@@]12CC[C@H](Oc3ccccn3)C[C@@H]1N(Cc1nc(C)c(C)n1C)CC2. The molecule has 0 unspecified atom stereocenters. The first-order valence-electron chi connectivity index (χ1n) is 9.88. The van der Waals surface area contributed by atoms with E-state index in [1.54, 1.807) is 6.20 Å². The maximum atomic E-state index is 6.18. The van der Waals surface area contributed by atoms with Gasteiger partial charge in [-0.1, -0.05) is 6.07 Å². The van der Waals surface area contributed by atoms with Gasteiger partial charge in [-0.25, -0.2) is 9.97 Å². The van der Waals surface area contributed by atoms with Gasteiger partial charge in [0.05, 0.1) is 17.8 Å². The van der Waals surface area contributed by atoms with Crippen molar-refractivity contribution < 1.29 is 9.47 Å². The molecule has 1 saturated carbocycles. The molecular formula is C21H30N4O2. The van der Waals surface area contributed by atoms with E-state index in [2.05, 4.69) is 35.3 Å². The number of rotatable bonds is 5. The largest absolute Gasteiger partial charge is 0.474 e. The van der Waals surface area contributed by atoms with Gasteiger partial charge in [-0.3, -0.25) is 4.90 Å². The number of aryl methyl sites for hydroxylation is 1. The topological polar surface area (TPSA) is 52.4 Å². The Kier molecular flexibility index (Phi) is 4.95. The number of fused-ring (bicyclic) bond motifs is 1. The van der Waals surface area contributed by atoms with E-state index in [0.717, 1.165) is 50.3 Å². The van der Waals surface area contributed by atoms with Crippen LogP contribution in [0.25, 0.3) is 0 Å². The van der Waals surface area contributed by atoms with Crippen LogP contribution in [0, 0.1) is 13.8 Å². The Hall–Kier alpha value is -1.92. The zero-order valence-corrected chi connectivity index (χ0v) is 16.8. The summed E-state index contributed by atoms with van der Waals surface area (Å²) in [5, 5.41) is 0. The minimum absolute atomic E-state index is 0.0563. The van der Waals surface area contributed by atoms with Crippen LogP contribution >= 0.6 is 0 Å². The maximum absolute atomic E-state index is 6.18. The lowest BCUT2D eigenvalue weighted by Crippen LogP contribution is -2.52. The third kappa shape index (κ3) is 3.36. The minimum atomic E-state index is -0.0563. The van der Waals surface area contributed by atoms with Gasteiger partial charge in [0.1, 0.15) is 11.9 Å². The minimum Gasteiger partial charge on any atom is -0.474 e. The Balaban J connectivity index is 1.51. The summed E-state index contributed by atoms with van der Waals surface area (Å²) in [5.74, 6) is 1.84. The third-order valence-electron chi connectivity index (χ3n) is 6.63. The summed E-state index contributed by atoms with van der Waals surface area (Å²) in [5.41, 5.74) is 2.30. The molecule has 6 heteroatoms. The van der Waals surface area contributed by atoms with Gasteiger partial charge in [0.2, 0.25) is 5.88 Å². The zero-order valence-electron chi connectivity index (χ0n) is 16.8. The molecule has 1 saturated heterocycles. The Bertz CT molecular complexity index is 791. The Labute approximate surface area is 161 Å². The van der Waals surface area contributed by atoms with Gasteiger partial charge in [0, 0.05) is 51.1 Å². The second-order valence-corrected chi connectivity index (χ2v) is 7.95. The summed E-state index contributed by atoms with van der Waals surface area (Å²) >= 11 is 0. The fourth-order valence-electron chi connectivity index (χ4n) is 4.75. The molecule has 0 spiro atoms. The van der Waals surface area contributed by atoms with Gasteiger partial charge in [-0.15, -0.1) is 0 Å². The van der Waals surface area contributed by atoms with Crippen molar-refractivity contribution in [2.75, 3.05) is 13.7 Å². The fourth-order valence-corrected chi connectivity index (χ4v) is 4.75. The van der Waals surface area contributed by atoms with Crippen LogP contribution in [-0.4, -0.2) is 50.8 Å². The van der Waals surface area contributed by atoms with E-state index in [9.17, 15) is 0 Å². The molecule has 1 aliphatic heterocycles. The van der Waals surface area contributed by atoms with Gasteiger partial charge < -0.3 is 14.0 Å². The van der Waals surface area contributed by atoms with E-state index >= 15 is 0 Å². The molecule has 2 aliphatic rings. The second kappa shape index (κ2) is 7.24. The molecule has 2 aromatic heterocycles. The van der Waals surface area contributed by atoms with E-state index in [1.165, 1.54) is 5.69 Å². The lowest BCUT2D eigenvalue weighted by molar-refractivity contribution is -0.0846. The van der Waals surface area contributed by atoms with Gasteiger partial charge in [-0.05, 0) is 39.2 Å². The van der Waals surface area contributed by atoms with Crippen molar-refractivity contribution in [2.45, 2.75) is 63.8 Å². The van der Waals surface area contributed by atoms with Crippen LogP contribution in [0.1, 0.15) is 42.9 Å². The molecule has 146 valence electrons. The lowest BCUT2D eigenvalue weighted by atomic mass is 9.79. The predicted octanol–water partition coefficient (Wildman–Crippen LogP) is 3.02. The van der Waals surface area contributed by atoms with E-state index in [4.69, 9.17) is 14.5 Å². The van der Waals surface area contributed by atoms with E-state index in [-0.39, 0.29) is 11.7 Å². The molecule has 6 nitrogen and oxygen atoms in total. The number of hydrogen-bond donors (Lipinski definition) is 0. The second-order valence-electron chi connectivity index (χ2n) is 7.95. The zero-order chi connectivity index (χ0) is 19.0. The lowest BCUT2D eigenvalue weighted by Gasteiger charge is -2.43. The van der Waals surface area contributed by atoms with Crippen LogP contribution in [0.2, 0.25) is 0 Å². The van der Waals surface area contributed by atoms with Crippen molar-refractivity contribution in [2.24, 2.45) is 7.05 Å². The van der Waals surface area contributed by atoms with Crippen molar-refractivity contribution in [1.82, 2.24) is 19.4 Å². The summed E-state index contributed by atoms with van der Waals surface area (Å²) in [7, 11) is 3.98.